The summed E-state index contributed by atoms with van der Waals surface area (Å²) in [6.07, 6.45) is 0. The third-order valence-corrected chi connectivity index (χ3v) is 1.43. The van der Waals surface area contributed by atoms with Crippen LogP contribution >= 0.6 is 0 Å². The molecule has 0 amide bonds. The van der Waals surface area contributed by atoms with Crippen molar-refractivity contribution in [1.82, 2.24) is 20.2 Å². The fourth-order valence-electron chi connectivity index (χ4n) is 0.722. The van der Waals surface area contributed by atoms with Crippen molar-refractivity contribution >= 4 is 5.97 Å². The van der Waals surface area contributed by atoms with Crippen molar-refractivity contribution in [3.05, 3.63) is 5.82 Å². The molecule has 0 saturated heterocycles. The van der Waals surface area contributed by atoms with E-state index < -0.39 is 12.0 Å². The largest absolute Gasteiger partial charge is 0.480 e. The average Bonchev–Trinajstić information content (AvgIpc) is 2.49. The summed E-state index contributed by atoms with van der Waals surface area (Å²) in [6.45, 7) is 1.06. The SMILES string of the molecule is CC(C(=O)O)n1nnnc1CO. The highest BCUT2D eigenvalue weighted by Gasteiger charge is 2.18. The van der Waals surface area contributed by atoms with E-state index in [1.54, 1.807) is 0 Å². The maximum absolute atomic E-state index is 10.5. The fourth-order valence-corrected chi connectivity index (χ4v) is 0.722. The van der Waals surface area contributed by atoms with Crippen LogP contribution in [0.2, 0.25) is 0 Å². The van der Waals surface area contributed by atoms with Crippen LogP contribution in [-0.2, 0) is 11.4 Å². The molecular formula is C5H8N4O3. The van der Waals surface area contributed by atoms with E-state index in [2.05, 4.69) is 15.5 Å². The number of tetrazole rings is 1. The standard InChI is InChI=1S/C5H8N4O3/c1-3(5(11)12)9-4(2-10)6-7-8-9/h3,10H,2H2,1H3,(H,11,12). The molecular weight excluding hydrogens is 164 g/mol. The summed E-state index contributed by atoms with van der Waals surface area (Å²) in [5.74, 6) is -0.901. The molecule has 1 heterocycles. The van der Waals surface area contributed by atoms with Crippen LogP contribution in [0.5, 0.6) is 0 Å². The molecule has 1 aromatic rings. The van der Waals surface area contributed by atoms with Gasteiger partial charge in [0.1, 0.15) is 6.61 Å². The number of carbonyl (C=O) groups is 1. The zero-order chi connectivity index (χ0) is 9.14. The number of aliphatic hydroxyl groups is 1. The Morgan fingerprint density at radius 3 is 2.92 bits per heavy atom. The van der Waals surface area contributed by atoms with E-state index in [1.807, 2.05) is 0 Å². The van der Waals surface area contributed by atoms with E-state index in [0.717, 1.165) is 4.68 Å². The van der Waals surface area contributed by atoms with E-state index in [9.17, 15) is 4.79 Å². The molecule has 7 heteroatoms. The quantitative estimate of drug-likeness (QED) is 0.594. The molecule has 0 aromatic carbocycles. The number of aliphatic hydroxyl groups excluding tert-OH is 1. The van der Waals surface area contributed by atoms with Crippen molar-refractivity contribution in [3.8, 4) is 0 Å². The van der Waals surface area contributed by atoms with Crippen LogP contribution in [0.3, 0.4) is 0 Å². The number of aromatic nitrogens is 4. The number of carboxylic acid groups (broad SMARTS) is 1. The topological polar surface area (TPSA) is 101 Å². The minimum Gasteiger partial charge on any atom is -0.480 e. The molecule has 0 aliphatic rings. The third kappa shape index (κ3) is 1.40. The molecule has 1 unspecified atom stereocenters. The summed E-state index contributed by atoms with van der Waals surface area (Å²) in [7, 11) is 0. The smallest absolute Gasteiger partial charge is 0.328 e. The number of rotatable bonds is 3. The first-order valence-corrected chi connectivity index (χ1v) is 3.27. The van der Waals surface area contributed by atoms with E-state index in [1.165, 1.54) is 6.92 Å². The third-order valence-electron chi connectivity index (χ3n) is 1.43. The number of carboxylic acids is 1. The van der Waals surface area contributed by atoms with Gasteiger partial charge in [-0.15, -0.1) is 5.10 Å². The molecule has 1 aromatic heterocycles. The van der Waals surface area contributed by atoms with Crippen LogP contribution in [0, 0.1) is 0 Å². The van der Waals surface area contributed by atoms with Gasteiger partial charge in [-0.1, -0.05) is 0 Å². The van der Waals surface area contributed by atoms with E-state index >= 15 is 0 Å². The fraction of sp³-hybridized carbons (Fsp3) is 0.600. The van der Waals surface area contributed by atoms with Crippen molar-refractivity contribution in [2.24, 2.45) is 0 Å². The Kier molecular flexibility index (Phi) is 2.34. The maximum Gasteiger partial charge on any atom is 0.328 e. The Bertz CT molecular complexity index is 284. The van der Waals surface area contributed by atoms with Gasteiger partial charge in [-0.2, -0.15) is 0 Å². The summed E-state index contributed by atoms with van der Waals surface area (Å²) >= 11 is 0. The lowest BCUT2D eigenvalue weighted by molar-refractivity contribution is -0.140. The molecule has 0 fully saturated rings. The minimum absolute atomic E-state index is 0.143. The molecule has 0 aliphatic heterocycles. The number of nitrogens with zero attached hydrogens (tertiary/aromatic N) is 4. The predicted octanol–water partition coefficient (Wildman–Crippen LogP) is -1.19. The Labute approximate surface area is 67.6 Å². The zero-order valence-corrected chi connectivity index (χ0v) is 6.38. The highest BCUT2D eigenvalue weighted by molar-refractivity contribution is 5.71. The zero-order valence-electron chi connectivity index (χ0n) is 6.38. The summed E-state index contributed by atoms with van der Waals surface area (Å²) in [4.78, 5) is 10.5. The molecule has 0 aliphatic carbocycles. The lowest BCUT2D eigenvalue weighted by Crippen LogP contribution is -2.19. The first-order chi connectivity index (χ1) is 5.66. The highest BCUT2D eigenvalue weighted by Crippen LogP contribution is 2.04. The summed E-state index contributed by atoms with van der Waals surface area (Å²) < 4.78 is 1.06. The number of hydrogen-bond donors (Lipinski definition) is 2. The van der Waals surface area contributed by atoms with Gasteiger partial charge < -0.3 is 10.2 Å². The van der Waals surface area contributed by atoms with Crippen molar-refractivity contribution in [2.75, 3.05) is 0 Å². The highest BCUT2D eigenvalue weighted by atomic mass is 16.4. The summed E-state index contributed by atoms with van der Waals surface area (Å²) in [6, 6.07) is -0.859. The first kappa shape index (κ1) is 8.60. The van der Waals surface area contributed by atoms with Gasteiger partial charge in [0.05, 0.1) is 0 Å². The second-order valence-electron chi connectivity index (χ2n) is 2.21. The van der Waals surface area contributed by atoms with Crippen LogP contribution in [0.15, 0.2) is 0 Å². The molecule has 0 saturated carbocycles. The van der Waals surface area contributed by atoms with Crippen molar-refractivity contribution < 1.29 is 15.0 Å². The molecule has 1 atom stereocenters. The second-order valence-corrected chi connectivity index (χ2v) is 2.21. The van der Waals surface area contributed by atoms with E-state index in [4.69, 9.17) is 10.2 Å². The molecule has 2 N–H and O–H groups in total. The minimum atomic E-state index is -1.04. The molecule has 0 spiro atoms. The molecule has 0 radical (unpaired) electrons. The maximum atomic E-state index is 10.5. The van der Waals surface area contributed by atoms with E-state index in [0.29, 0.717) is 0 Å². The van der Waals surface area contributed by atoms with Crippen LogP contribution in [0.1, 0.15) is 18.8 Å². The molecule has 0 bridgehead atoms. The second kappa shape index (κ2) is 3.26. The number of hydrogen-bond acceptors (Lipinski definition) is 5. The van der Waals surface area contributed by atoms with Crippen molar-refractivity contribution in [3.63, 3.8) is 0 Å². The Morgan fingerprint density at radius 2 is 2.42 bits per heavy atom. The molecule has 12 heavy (non-hydrogen) atoms. The lowest BCUT2D eigenvalue weighted by Gasteiger charge is -2.05. The van der Waals surface area contributed by atoms with Gasteiger partial charge in [0.25, 0.3) is 0 Å². The van der Waals surface area contributed by atoms with E-state index in [-0.39, 0.29) is 12.4 Å². The Hall–Kier alpha value is -1.50. The number of aliphatic carboxylic acids is 1. The van der Waals surface area contributed by atoms with Crippen LogP contribution in [0.4, 0.5) is 0 Å². The van der Waals surface area contributed by atoms with Crippen LogP contribution in [-0.4, -0.2) is 36.4 Å². The van der Waals surface area contributed by atoms with Crippen LogP contribution in [0.25, 0.3) is 0 Å². The van der Waals surface area contributed by atoms with Gasteiger partial charge in [0.15, 0.2) is 11.9 Å². The van der Waals surface area contributed by atoms with Crippen molar-refractivity contribution in [2.45, 2.75) is 19.6 Å². The summed E-state index contributed by atoms with van der Waals surface area (Å²) in [5.41, 5.74) is 0. The van der Waals surface area contributed by atoms with Gasteiger partial charge >= 0.3 is 5.97 Å². The summed E-state index contributed by atoms with van der Waals surface area (Å²) in [5, 5.41) is 27.3. The van der Waals surface area contributed by atoms with Crippen LogP contribution < -0.4 is 0 Å². The van der Waals surface area contributed by atoms with Gasteiger partial charge in [0.2, 0.25) is 0 Å². The van der Waals surface area contributed by atoms with Gasteiger partial charge in [0, 0.05) is 0 Å². The normalized spacial score (nSPS) is 12.8. The lowest BCUT2D eigenvalue weighted by atomic mass is 10.3. The van der Waals surface area contributed by atoms with Gasteiger partial charge in [-0.25, -0.2) is 9.48 Å². The Balaban J connectivity index is 2.93. The van der Waals surface area contributed by atoms with Gasteiger partial charge in [-0.05, 0) is 17.4 Å². The molecule has 1 rings (SSSR count). The Morgan fingerprint density at radius 1 is 1.75 bits per heavy atom. The molecule has 66 valence electrons. The predicted molar refractivity (Wildman–Crippen MR) is 36.1 cm³/mol. The first-order valence-electron chi connectivity index (χ1n) is 3.27. The average molecular weight is 172 g/mol. The van der Waals surface area contributed by atoms with Gasteiger partial charge in [-0.3, -0.25) is 0 Å². The van der Waals surface area contributed by atoms with Crippen molar-refractivity contribution in [1.29, 1.82) is 0 Å². The monoisotopic (exact) mass is 172 g/mol. The molecule has 7 nitrogen and oxygen atoms in total.